The number of nitrogens with one attached hydrogen (secondary N) is 2. The lowest BCUT2D eigenvalue weighted by Gasteiger charge is -2.20. The van der Waals surface area contributed by atoms with Crippen molar-refractivity contribution in [3.63, 3.8) is 0 Å². The average molecular weight is 302 g/mol. The minimum absolute atomic E-state index is 0.247. The Balaban J connectivity index is 1.67. The summed E-state index contributed by atoms with van der Waals surface area (Å²) in [4.78, 5) is 20.1. The Morgan fingerprint density at radius 1 is 1.33 bits per heavy atom. The third-order valence-corrected chi connectivity index (χ3v) is 4.53. The number of hydrogen-bond donors (Lipinski definition) is 2. The van der Waals surface area contributed by atoms with Crippen molar-refractivity contribution in [3.05, 3.63) is 40.4 Å². The number of carbonyl (C=O) groups excluding carboxylic acids is 1. The van der Waals surface area contributed by atoms with Crippen LogP contribution in [0.15, 0.2) is 24.3 Å². The number of para-hydroxylation sites is 1. The van der Waals surface area contributed by atoms with E-state index in [9.17, 15) is 4.79 Å². The molecule has 0 fully saturated rings. The first-order chi connectivity index (χ1) is 10.1. The number of hydrogen-bond acceptors (Lipinski definition) is 4. The molecule has 0 saturated heterocycles. The van der Waals surface area contributed by atoms with E-state index in [-0.39, 0.29) is 6.03 Å². The van der Waals surface area contributed by atoms with E-state index < -0.39 is 0 Å². The first kappa shape index (κ1) is 14.0. The maximum Gasteiger partial charge on any atom is 0.325 e. The van der Waals surface area contributed by atoms with Gasteiger partial charge in [0, 0.05) is 30.1 Å². The number of rotatable bonds is 2. The Morgan fingerprint density at radius 2 is 2.14 bits per heavy atom. The molecule has 0 spiro atoms. The monoisotopic (exact) mass is 302 g/mol. The summed E-state index contributed by atoms with van der Waals surface area (Å²) in [5.41, 5.74) is 2.97. The summed E-state index contributed by atoms with van der Waals surface area (Å²) >= 11 is 1.56. The second-order valence-electron chi connectivity index (χ2n) is 5.27. The molecule has 110 valence electrons. The molecule has 1 aromatic heterocycles. The van der Waals surface area contributed by atoms with Gasteiger partial charge < -0.3 is 10.2 Å². The van der Waals surface area contributed by atoms with E-state index in [4.69, 9.17) is 0 Å². The first-order valence-corrected chi connectivity index (χ1v) is 7.74. The lowest BCUT2D eigenvalue weighted by atomic mass is 10.2. The standard InChI is InChI=1S/C15H18N4OS/c1-10-5-3-4-6-11(10)16-14(20)18-15-17-12-7-8-19(2)9-13(12)21-15/h3-6H,7-9H2,1-2H3,(H2,16,17,18,20). The molecular weight excluding hydrogens is 284 g/mol. The Morgan fingerprint density at radius 3 is 2.95 bits per heavy atom. The highest BCUT2D eigenvalue weighted by Gasteiger charge is 2.19. The summed E-state index contributed by atoms with van der Waals surface area (Å²) < 4.78 is 0. The maximum absolute atomic E-state index is 12.0. The molecule has 0 radical (unpaired) electrons. The van der Waals surface area contributed by atoms with Crippen LogP contribution < -0.4 is 10.6 Å². The van der Waals surface area contributed by atoms with Crippen molar-refractivity contribution >= 4 is 28.2 Å². The van der Waals surface area contributed by atoms with Gasteiger partial charge in [-0.1, -0.05) is 18.2 Å². The normalized spacial score (nSPS) is 14.6. The minimum Gasteiger partial charge on any atom is -0.307 e. The van der Waals surface area contributed by atoms with Gasteiger partial charge in [-0.05, 0) is 25.6 Å². The molecule has 0 bridgehead atoms. The van der Waals surface area contributed by atoms with Crippen LogP contribution in [0.25, 0.3) is 0 Å². The number of fused-ring (bicyclic) bond motifs is 1. The van der Waals surface area contributed by atoms with Gasteiger partial charge in [-0.3, -0.25) is 5.32 Å². The molecule has 5 nitrogen and oxygen atoms in total. The molecule has 2 amide bonds. The van der Waals surface area contributed by atoms with Crippen LogP contribution in [-0.4, -0.2) is 29.5 Å². The number of likely N-dealkylation sites (N-methyl/N-ethyl adjacent to an activating group) is 1. The summed E-state index contributed by atoms with van der Waals surface area (Å²) in [6, 6.07) is 7.46. The number of carbonyl (C=O) groups is 1. The fourth-order valence-electron chi connectivity index (χ4n) is 2.34. The Kier molecular flexibility index (Phi) is 3.90. The SMILES string of the molecule is Cc1ccccc1NC(=O)Nc1nc2c(s1)CN(C)CC2. The van der Waals surface area contributed by atoms with E-state index in [2.05, 4.69) is 27.6 Å². The third-order valence-electron chi connectivity index (χ3n) is 3.54. The van der Waals surface area contributed by atoms with Crippen LogP contribution >= 0.6 is 11.3 Å². The van der Waals surface area contributed by atoms with Crippen LogP contribution in [0.2, 0.25) is 0 Å². The van der Waals surface area contributed by atoms with Crippen molar-refractivity contribution in [1.82, 2.24) is 9.88 Å². The Bertz CT molecular complexity index is 667. The molecule has 6 heteroatoms. The average Bonchev–Trinajstić information content (AvgIpc) is 2.82. The van der Waals surface area contributed by atoms with Gasteiger partial charge in [-0.2, -0.15) is 0 Å². The molecule has 0 saturated carbocycles. The zero-order valence-electron chi connectivity index (χ0n) is 12.1. The second kappa shape index (κ2) is 5.83. The van der Waals surface area contributed by atoms with Gasteiger partial charge in [0.1, 0.15) is 0 Å². The minimum atomic E-state index is -0.247. The van der Waals surface area contributed by atoms with E-state index in [1.165, 1.54) is 4.88 Å². The molecule has 3 rings (SSSR count). The summed E-state index contributed by atoms with van der Waals surface area (Å²) in [6.45, 7) is 3.90. The van der Waals surface area contributed by atoms with Crippen molar-refractivity contribution in [2.24, 2.45) is 0 Å². The van der Waals surface area contributed by atoms with Gasteiger partial charge in [0.25, 0.3) is 0 Å². The van der Waals surface area contributed by atoms with Gasteiger partial charge in [-0.15, -0.1) is 11.3 Å². The fourth-order valence-corrected chi connectivity index (χ4v) is 3.42. The van der Waals surface area contributed by atoms with Crippen LogP contribution in [0.5, 0.6) is 0 Å². The first-order valence-electron chi connectivity index (χ1n) is 6.92. The molecule has 2 aromatic rings. The van der Waals surface area contributed by atoms with E-state index in [1.807, 2.05) is 31.2 Å². The van der Waals surface area contributed by atoms with Crippen molar-refractivity contribution in [1.29, 1.82) is 0 Å². The fraction of sp³-hybridized carbons (Fsp3) is 0.333. The van der Waals surface area contributed by atoms with E-state index in [0.29, 0.717) is 5.13 Å². The van der Waals surface area contributed by atoms with Gasteiger partial charge in [-0.25, -0.2) is 9.78 Å². The van der Waals surface area contributed by atoms with Crippen LogP contribution in [0.3, 0.4) is 0 Å². The summed E-state index contributed by atoms with van der Waals surface area (Å²) in [7, 11) is 2.10. The molecule has 1 aromatic carbocycles. The van der Waals surface area contributed by atoms with Gasteiger partial charge in [0.15, 0.2) is 5.13 Å². The number of anilines is 2. The molecule has 1 aliphatic heterocycles. The molecule has 2 N–H and O–H groups in total. The summed E-state index contributed by atoms with van der Waals surface area (Å²) in [6.07, 6.45) is 0.948. The highest BCUT2D eigenvalue weighted by molar-refractivity contribution is 7.15. The zero-order valence-corrected chi connectivity index (χ0v) is 13.0. The number of aryl methyl sites for hydroxylation is 1. The van der Waals surface area contributed by atoms with E-state index in [1.54, 1.807) is 11.3 Å². The third kappa shape index (κ3) is 3.22. The topological polar surface area (TPSA) is 57.3 Å². The molecule has 21 heavy (non-hydrogen) atoms. The molecule has 0 unspecified atom stereocenters. The molecule has 1 aliphatic rings. The van der Waals surface area contributed by atoms with Gasteiger partial charge in [0.05, 0.1) is 5.69 Å². The summed E-state index contributed by atoms with van der Waals surface area (Å²) in [5, 5.41) is 6.35. The van der Waals surface area contributed by atoms with E-state index >= 15 is 0 Å². The molecule has 0 atom stereocenters. The Labute approximate surface area is 128 Å². The lowest BCUT2D eigenvalue weighted by molar-refractivity contribution is 0.262. The Hall–Kier alpha value is -1.92. The molecule has 2 heterocycles. The van der Waals surface area contributed by atoms with Crippen molar-refractivity contribution in [3.8, 4) is 0 Å². The van der Waals surface area contributed by atoms with E-state index in [0.717, 1.165) is 36.5 Å². The van der Waals surface area contributed by atoms with Crippen molar-refractivity contribution in [2.75, 3.05) is 24.2 Å². The van der Waals surface area contributed by atoms with Gasteiger partial charge >= 0.3 is 6.03 Å². The number of amides is 2. The highest BCUT2D eigenvalue weighted by Crippen LogP contribution is 2.27. The van der Waals surface area contributed by atoms with Crippen LogP contribution in [0.1, 0.15) is 16.1 Å². The number of aromatic nitrogens is 1. The zero-order chi connectivity index (χ0) is 14.8. The largest absolute Gasteiger partial charge is 0.325 e. The number of nitrogens with zero attached hydrogens (tertiary/aromatic N) is 2. The van der Waals surface area contributed by atoms with Crippen molar-refractivity contribution in [2.45, 2.75) is 19.9 Å². The molecular formula is C15H18N4OS. The number of benzene rings is 1. The van der Waals surface area contributed by atoms with Crippen LogP contribution in [0.4, 0.5) is 15.6 Å². The quantitative estimate of drug-likeness (QED) is 0.896. The van der Waals surface area contributed by atoms with Crippen LogP contribution in [-0.2, 0) is 13.0 Å². The lowest BCUT2D eigenvalue weighted by Crippen LogP contribution is -2.25. The number of thiazole rings is 1. The predicted molar refractivity (Wildman–Crippen MR) is 86.0 cm³/mol. The highest BCUT2D eigenvalue weighted by atomic mass is 32.1. The predicted octanol–water partition coefficient (Wildman–Crippen LogP) is 3.08. The number of urea groups is 1. The molecule has 0 aliphatic carbocycles. The van der Waals surface area contributed by atoms with Crippen LogP contribution in [0, 0.1) is 6.92 Å². The van der Waals surface area contributed by atoms with Crippen molar-refractivity contribution < 1.29 is 4.79 Å². The second-order valence-corrected chi connectivity index (χ2v) is 6.35. The maximum atomic E-state index is 12.0. The smallest absolute Gasteiger partial charge is 0.307 e. The summed E-state index contributed by atoms with van der Waals surface area (Å²) in [5.74, 6) is 0. The van der Waals surface area contributed by atoms with Gasteiger partial charge in [0.2, 0.25) is 0 Å².